The number of benzene rings is 2. The summed E-state index contributed by atoms with van der Waals surface area (Å²) in [5.41, 5.74) is 5.37. The molecule has 0 spiro atoms. The van der Waals surface area contributed by atoms with Gasteiger partial charge in [-0.25, -0.2) is 8.78 Å². The third-order valence-corrected chi connectivity index (χ3v) is 8.46. The summed E-state index contributed by atoms with van der Waals surface area (Å²) in [5.74, 6) is -2.31. The number of hydrogen-bond acceptors (Lipinski definition) is 4. The van der Waals surface area contributed by atoms with Gasteiger partial charge in [0.15, 0.2) is 0 Å². The van der Waals surface area contributed by atoms with E-state index in [1.54, 1.807) is 25.3 Å². The van der Waals surface area contributed by atoms with Gasteiger partial charge < -0.3 is 15.0 Å². The highest BCUT2D eigenvalue weighted by Gasteiger charge is 2.30. The minimum Gasteiger partial charge on any atom is -0.481 e. The average molecular weight is 608 g/mol. The number of rotatable bonds is 12. The van der Waals surface area contributed by atoms with Crippen LogP contribution in [-0.2, 0) is 16.0 Å². The predicted molar refractivity (Wildman–Crippen MR) is 168 cm³/mol. The average Bonchev–Trinajstić information content (AvgIpc) is 2.91. The third kappa shape index (κ3) is 7.62. The van der Waals surface area contributed by atoms with Crippen LogP contribution in [0.4, 0.5) is 8.78 Å². The first-order valence-electron chi connectivity index (χ1n) is 15.2. The Hall–Kier alpha value is -3.85. The standard InChI is InChI=1S/C35H43F2N3O4/c1-20(2)12-30(40-17-25(23(5)14-31(40)41)10-11-39-18-27(36)19-39)35(44)38-29(16-32(42)43)28-15-26(13-24(6)34(28)37)33-21(3)8-7-9-22(33)4/h7-9,13-15,17,20,27,29-30H,10-12,16,18-19H2,1-6H3,(H,38,44)(H,42,43)/t29-,30?/m0/s1. The van der Waals surface area contributed by atoms with Crippen LogP contribution < -0.4 is 10.9 Å². The van der Waals surface area contributed by atoms with Crippen molar-refractivity contribution in [3.63, 3.8) is 0 Å². The van der Waals surface area contributed by atoms with E-state index in [1.165, 1.54) is 10.6 Å². The van der Waals surface area contributed by atoms with E-state index in [2.05, 4.69) is 5.32 Å². The number of likely N-dealkylation sites (tertiary alicyclic amines) is 1. The Morgan fingerprint density at radius 2 is 1.68 bits per heavy atom. The predicted octanol–water partition coefficient (Wildman–Crippen LogP) is 6.00. The maximum Gasteiger partial charge on any atom is 0.305 e. The quantitative estimate of drug-likeness (QED) is 0.264. The molecule has 0 radical (unpaired) electrons. The van der Waals surface area contributed by atoms with Gasteiger partial charge in [0.2, 0.25) is 5.91 Å². The molecule has 2 N–H and O–H groups in total. The van der Waals surface area contributed by atoms with Gasteiger partial charge >= 0.3 is 5.97 Å². The molecule has 44 heavy (non-hydrogen) atoms. The van der Waals surface area contributed by atoms with E-state index in [4.69, 9.17) is 0 Å². The van der Waals surface area contributed by atoms with Crippen molar-refractivity contribution < 1.29 is 23.5 Å². The summed E-state index contributed by atoms with van der Waals surface area (Å²) < 4.78 is 30.4. The van der Waals surface area contributed by atoms with Crippen LogP contribution in [0.2, 0.25) is 0 Å². The number of aryl methyl sites for hydroxylation is 4. The van der Waals surface area contributed by atoms with Gasteiger partial charge in [0.25, 0.3) is 5.56 Å². The molecule has 0 saturated carbocycles. The second-order valence-corrected chi connectivity index (χ2v) is 12.6. The highest BCUT2D eigenvalue weighted by atomic mass is 19.1. The smallest absolute Gasteiger partial charge is 0.305 e. The van der Waals surface area contributed by atoms with Crippen LogP contribution in [0.5, 0.6) is 0 Å². The zero-order chi connectivity index (χ0) is 32.3. The van der Waals surface area contributed by atoms with Gasteiger partial charge in [-0.05, 0) is 97.5 Å². The summed E-state index contributed by atoms with van der Waals surface area (Å²) in [6, 6.07) is 8.60. The van der Waals surface area contributed by atoms with Crippen LogP contribution in [0.25, 0.3) is 11.1 Å². The lowest BCUT2D eigenvalue weighted by Gasteiger charge is -2.34. The highest BCUT2D eigenvalue weighted by molar-refractivity contribution is 5.82. The van der Waals surface area contributed by atoms with E-state index in [0.29, 0.717) is 38.0 Å². The Bertz CT molecular complexity index is 1570. The molecule has 1 aromatic heterocycles. The van der Waals surface area contributed by atoms with E-state index in [1.807, 2.05) is 57.7 Å². The van der Waals surface area contributed by atoms with Crippen molar-refractivity contribution in [2.45, 2.75) is 79.1 Å². The lowest BCUT2D eigenvalue weighted by Crippen LogP contribution is -2.49. The first-order chi connectivity index (χ1) is 20.7. The largest absolute Gasteiger partial charge is 0.481 e. The number of carbonyl (C=O) groups is 2. The van der Waals surface area contributed by atoms with Crippen molar-refractivity contribution >= 4 is 11.9 Å². The van der Waals surface area contributed by atoms with Crippen LogP contribution in [-0.4, -0.2) is 52.3 Å². The summed E-state index contributed by atoms with van der Waals surface area (Å²) in [4.78, 5) is 41.2. The van der Waals surface area contributed by atoms with Crippen molar-refractivity contribution in [3.05, 3.63) is 92.1 Å². The molecule has 1 fully saturated rings. The Balaban J connectivity index is 1.71. The summed E-state index contributed by atoms with van der Waals surface area (Å²) in [6.07, 6.45) is 1.25. The number of alkyl halides is 1. The number of aromatic nitrogens is 1. The van der Waals surface area contributed by atoms with Crippen LogP contribution in [0, 0.1) is 39.4 Å². The fraction of sp³-hybridized carbons (Fsp3) is 0.457. The molecule has 2 heterocycles. The lowest BCUT2D eigenvalue weighted by molar-refractivity contribution is -0.138. The van der Waals surface area contributed by atoms with E-state index in [0.717, 1.165) is 33.4 Å². The molecule has 7 nitrogen and oxygen atoms in total. The van der Waals surface area contributed by atoms with Crippen LogP contribution >= 0.6 is 0 Å². The number of nitrogens with one attached hydrogen (secondary N) is 1. The summed E-state index contributed by atoms with van der Waals surface area (Å²) in [6.45, 7) is 12.7. The normalized spacial score (nSPS) is 15.2. The lowest BCUT2D eigenvalue weighted by atomic mass is 9.90. The molecule has 0 bridgehead atoms. The Morgan fingerprint density at radius 3 is 2.27 bits per heavy atom. The molecule has 9 heteroatoms. The van der Waals surface area contributed by atoms with E-state index in [-0.39, 0.29) is 17.0 Å². The molecule has 236 valence electrons. The van der Waals surface area contributed by atoms with Gasteiger partial charge in [-0.2, -0.15) is 0 Å². The molecule has 2 aromatic carbocycles. The number of carboxylic acid groups (broad SMARTS) is 1. The Morgan fingerprint density at radius 1 is 1.02 bits per heavy atom. The molecule has 2 atom stereocenters. The Kier molecular flexibility index (Phi) is 10.4. The van der Waals surface area contributed by atoms with Crippen LogP contribution in [0.3, 0.4) is 0 Å². The van der Waals surface area contributed by atoms with E-state index < -0.39 is 42.4 Å². The number of nitrogens with zero attached hydrogens (tertiary/aromatic N) is 2. The highest BCUT2D eigenvalue weighted by Crippen LogP contribution is 2.33. The van der Waals surface area contributed by atoms with Crippen LogP contribution in [0.1, 0.15) is 72.2 Å². The number of amides is 1. The molecule has 0 aliphatic carbocycles. The maximum absolute atomic E-state index is 15.7. The molecule has 1 unspecified atom stereocenters. The molecule has 1 saturated heterocycles. The fourth-order valence-electron chi connectivity index (χ4n) is 6.10. The summed E-state index contributed by atoms with van der Waals surface area (Å²) >= 11 is 0. The minimum atomic E-state index is -1.19. The second-order valence-electron chi connectivity index (χ2n) is 12.6. The molecular weight excluding hydrogens is 564 g/mol. The molecule has 1 aliphatic heterocycles. The molecule has 1 aliphatic rings. The fourth-order valence-corrected chi connectivity index (χ4v) is 6.10. The topological polar surface area (TPSA) is 91.6 Å². The molecular formula is C35H43F2N3O4. The van der Waals surface area contributed by atoms with E-state index >= 15 is 4.39 Å². The van der Waals surface area contributed by atoms with Crippen molar-refractivity contribution in [2.24, 2.45) is 5.92 Å². The number of halogens is 2. The van der Waals surface area contributed by atoms with Gasteiger partial charge in [0.1, 0.15) is 18.0 Å². The van der Waals surface area contributed by atoms with Crippen molar-refractivity contribution in [2.75, 3.05) is 19.6 Å². The number of hydrogen-bond donors (Lipinski definition) is 2. The SMILES string of the molecule is Cc1cc(=O)n(C(CC(C)C)C(=O)N[C@@H](CC(=O)O)c2cc(-c3c(C)cccc3C)cc(C)c2F)cc1CCN1CC(F)C1. The summed E-state index contributed by atoms with van der Waals surface area (Å²) in [5, 5.41) is 12.6. The van der Waals surface area contributed by atoms with Crippen molar-refractivity contribution in [3.8, 4) is 11.1 Å². The second kappa shape index (κ2) is 13.8. The van der Waals surface area contributed by atoms with Gasteiger partial charge in [-0.3, -0.25) is 19.3 Å². The number of pyridine rings is 1. The molecule has 3 aromatic rings. The molecule has 4 rings (SSSR count). The number of carbonyl (C=O) groups excluding carboxylic acids is 1. The van der Waals surface area contributed by atoms with Crippen molar-refractivity contribution in [1.29, 1.82) is 0 Å². The zero-order valence-electron chi connectivity index (χ0n) is 26.4. The first kappa shape index (κ1) is 33.1. The van der Waals surface area contributed by atoms with Crippen LogP contribution in [0.15, 0.2) is 47.4 Å². The number of aliphatic carboxylic acids is 1. The first-order valence-corrected chi connectivity index (χ1v) is 15.2. The number of carboxylic acids is 1. The summed E-state index contributed by atoms with van der Waals surface area (Å²) in [7, 11) is 0. The van der Waals surface area contributed by atoms with Gasteiger partial charge in [-0.15, -0.1) is 0 Å². The van der Waals surface area contributed by atoms with Gasteiger partial charge in [-0.1, -0.05) is 32.0 Å². The van der Waals surface area contributed by atoms with Gasteiger partial charge in [0.05, 0.1) is 12.5 Å². The third-order valence-electron chi connectivity index (χ3n) is 8.46. The van der Waals surface area contributed by atoms with E-state index in [9.17, 15) is 23.9 Å². The monoisotopic (exact) mass is 607 g/mol. The minimum absolute atomic E-state index is 0.0224. The Labute approximate surface area is 257 Å². The maximum atomic E-state index is 15.7. The van der Waals surface area contributed by atoms with Gasteiger partial charge in [0, 0.05) is 37.5 Å². The zero-order valence-corrected chi connectivity index (χ0v) is 26.4. The van der Waals surface area contributed by atoms with Crippen molar-refractivity contribution in [1.82, 2.24) is 14.8 Å². The molecule has 1 amide bonds.